The number of nitrogens with one attached hydrogen (secondary N) is 1. The van der Waals surface area contributed by atoms with Crippen LogP contribution in [-0.4, -0.2) is 44.9 Å². The quantitative estimate of drug-likeness (QED) is 0.718. The molecule has 1 unspecified atom stereocenters. The van der Waals surface area contributed by atoms with Gasteiger partial charge in [-0.25, -0.2) is 17.2 Å². The van der Waals surface area contributed by atoms with Gasteiger partial charge in [-0.15, -0.1) is 0 Å². The van der Waals surface area contributed by atoms with Crippen LogP contribution in [0.3, 0.4) is 0 Å². The van der Waals surface area contributed by atoms with E-state index in [1.165, 1.54) is 24.3 Å². The molecule has 0 aliphatic carbocycles. The minimum absolute atomic E-state index is 0.0495. The van der Waals surface area contributed by atoms with Crippen molar-refractivity contribution in [3.63, 3.8) is 0 Å². The standard InChI is InChI=1S/C12H14F2N2O3S/c13-12(14)11(17)8-16-5-6-20(18,19)10-3-1-9(7-15)2-4-10/h1-4,11-12,16-17H,5-6,8H2. The van der Waals surface area contributed by atoms with Gasteiger partial charge >= 0.3 is 0 Å². The van der Waals surface area contributed by atoms with Gasteiger partial charge in [0.05, 0.1) is 22.3 Å². The van der Waals surface area contributed by atoms with Crippen molar-refractivity contribution in [3.05, 3.63) is 29.8 Å². The minimum Gasteiger partial charge on any atom is -0.386 e. The highest BCUT2D eigenvalue weighted by molar-refractivity contribution is 7.91. The van der Waals surface area contributed by atoms with Crippen LogP contribution in [-0.2, 0) is 9.84 Å². The Morgan fingerprint density at radius 2 is 1.90 bits per heavy atom. The SMILES string of the molecule is N#Cc1ccc(S(=O)(=O)CCNCC(O)C(F)F)cc1. The number of alkyl halides is 2. The first-order chi connectivity index (χ1) is 9.36. The Morgan fingerprint density at radius 1 is 1.30 bits per heavy atom. The summed E-state index contributed by atoms with van der Waals surface area (Å²) in [6.45, 7) is -0.424. The van der Waals surface area contributed by atoms with Crippen molar-refractivity contribution in [2.75, 3.05) is 18.8 Å². The van der Waals surface area contributed by atoms with Gasteiger partial charge in [-0.1, -0.05) is 0 Å². The zero-order chi connectivity index (χ0) is 15.2. The number of aliphatic hydroxyl groups excluding tert-OH is 1. The van der Waals surface area contributed by atoms with Crippen molar-refractivity contribution in [2.45, 2.75) is 17.4 Å². The van der Waals surface area contributed by atoms with E-state index in [4.69, 9.17) is 10.4 Å². The van der Waals surface area contributed by atoms with Crippen LogP contribution in [0, 0.1) is 11.3 Å². The average molecular weight is 304 g/mol. The third kappa shape index (κ3) is 4.85. The van der Waals surface area contributed by atoms with Gasteiger partial charge < -0.3 is 10.4 Å². The molecule has 2 N–H and O–H groups in total. The summed E-state index contributed by atoms with van der Waals surface area (Å²) in [6.07, 6.45) is -4.68. The van der Waals surface area contributed by atoms with Gasteiger partial charge in [-0.3, -0.25) is 0 Å². The Morgan fingerprint density at radius 3 is 2.40 bits per heavy atom. The van der Waals surface area contributed by atoms with E-state index in [9.17, 15) is 17.2 Å². The van der Waals surface area contributed by atoms with Crippen molar-refractivity contribution in [1.82, 2.24) is 5.32 Å². The summed E-state index contributed by atoms with van der Waals surface area (Å²) in [6, 6.07) is 7.30. The maximum atomic E-state index is 12.0. The van der Waals surface area contributed by atoms with Crippen molar-refractivity contribution in [3.8, 4) is 6.07 Å². The average Bonchev–Trinajstić information content (AvgIpc) is 2.43. The van der Waals surface area contributed by atoms with Gasteiger partial charge in [0, 0.05) is 13.1 Å². The number of nitrogens with zero attached hydrogens (tertiary/aromatic N) is 1. The number of aliphatic hydroxyl groups is 1. The molecule has 0 saturated heterocycles. The molecule has 0 bridgehead atoms. The van der Waals surface area contributed by atoms with Crippen LogP contribution in [0.25, 0.3) is 0 Å². The maximum absolute atomic E-state index is 12.0. The van der Waals surface area contributed by atoms with Gasteiger partial charge in [0.2, 0.25) is 0 Å². The van der Waals surface area contributed by atoms with E-state index in [1.807, 2.05) is 6.07 Å². The molecule has 110 valence electrons. The van der Waals surface area contributed by atoms with Crippen molar-refractivity contribution < 1.29 is 22.3 Å². The van der Waals surface area contributed by atoms with Crippen LogP contribution in [0.2, 0.25) is 0 Å². The van der Waals surface area contributed by atoms with Crippen LogP contribution in [0.5, 0.6) is 0 Å². The fourth-order valence-corrected chi connectivity index (χ4v) is 2.60. The van der Waals surface area contributed by atoms with E-state index in [-0.39, 0.29) is 23.7 Å². The first-order valence-corrected chi connectivity index (χ1v) is 7.42. The minimum atomic E-state index is -3.54. The first kappa shape index (κ1) is 16.5. The van der Waals surface area contributed by atoms with E-state index in [0.717, 1.165) is 0 Å². The first-order valence-electron chi connectivity index (χ1n) is 5.76. The van der Waals surface area contributed by atoms with Crippen molar-refractivity contribution >= 4 is 9.84 Å². The molecule has 0 fully saturated rings. The van der Waals surface area contributed by atoms with Crippen LogP contribution in [0.1, 0.15) is 5.56 Å². The lowest BCUT2D eigenvalue weighted by Crippen LogP contribution is -2.34. The maximum Gasteiger partial charge on any atom is 0.265 e. The molecule has 0 aliphatic heterocycles. The Hall–Kier alpha value is -1.56. The van der Waals surface area contributed by atoms with E-state index in [2.05, 4.69) is 5.32 Å². The van der Waals surface area contributed by atoms with E-state index in [0.29, 0.717) is 5.56 Å². The summed E-state index contributed by atoms with van der Waals surface area (Å²) >= 11 is 0. The molecule has 0 aromatic heterocycles. The molecular formula is C12H14F2N2O3S. The van der Waals surface area contributed by atoms with Gasteiger partial charge in [0.25, 0.3) is 6.43 Å². The number of benzene rings is 1. The van der Waals surface area contributed by atoms with Gasteiger partial charge in [0.1, 0.15) is 6.10 Å². The molecule has 0 radical (unpaired) electrons. The highest BCUT2D eigenvalue weighted by Gasteiger charge is 2.17. The molecule has 1 aromatic carbocycles. The third-order valence-electron chi connectivity index (χ3n) is 2.53. The molecule has 0 aliphatic rings. The Kier molecular flexibility index (Phi) is 6.01. The lowest BCUT2D eigenvalue weighted by molar-refractivity contribution is -0.00292. The molecule has 0 amide bonds. The van der Waals surface area contributed by atoms with E-state index < -0.39 is 22.4 Å². The molecule has 0 heterocycles. The lowest BCUT2D eigenvalue weighted by atomic mass is 10.2. The Bertz CT molecular complexity index is 567. The lowest BCUT2D eigenvalue weighted by Gasteiger charge is -2.10. The second-order valence-electron chi connectivity index (χ2n) is 4.06. The molecule has 1 atom stereocenters. The normalized spacial score (nSPS) is 13.2. The van der Waals surface area contributed by atoms with Crippen LogP contribution in [0.15, 0.2) is 29.2 Å². The molecule has 0 spiro atoms. The second-order valence-corrected chi connectivity index (χ2v) is 6.17. The molecule has 1 rings (SSSR count). The van der Waals surface area contributed by atoms with Gasteiger partial charge in [-0.2, -0.15) is 5.26 Å². The monoisotopic (exact) mass is 304 g/mol. The summed E-state index contributed by atoms with van der Waals surface area (Å²) in [7, 11) is -3.54. The second kappa shape index (κ2) is 7.28. The molecule has 1 aromatic rings. The van der Waals surface area contributed by atoms with E-state index >= 15 is 0 Å². The largest absolute Gasteiger partial charge is 0.386 e. The van der Waals surface area contributed by atoms with Crippen LogP contribution in [0.4, 0.5) is 8.78 Å². The summed E-state index contributed by atoms with van der Waals surface area (Å²) in [5.74, 6) is -0.283. The molecular weight excluding hydrogens is 290 g/mol. The smallest absolute Gasteiger partial charge is 0.265 e. The summed E-state index contributed by atoms with van der Waals surface area (Å²) in [4.78, 5) is 0.0627. The molecule has 0 saturated carbocycles. The topological polar surface area (TPSA) is 90.2 Å². The molecule has 8 heteroatoms. The molecule has 5 nitrogen and oxygen atoms in total. The zero-order valence-corrected chi connectivity index (χ0v) is 11.3. The highest BCUT2D eigenvalue weighted by Crippen LogP contribution is 2.11. The predicted molar refractivity (Wildman–Crippen MR) is 68.1 cm³/mol. The van der Waals surface area contributed by atoms with Crippen molar-refractivity contribution in [2.24, 2.45) is 0 Å². The number of halogens is 2. The fourth-order valence-electron chi connectivity index (χ4n) is 1.40. The fraction of sp³-hybridized carbons (Fsp3) is 0.417. The number of rotatable bonds is 7. The number of hydrogen-bond donors (Lipinski definition) is 2. The summed E-state index contributed by atoms with van der Waals surface area (Å²) < 4.78 is 47.7. The number of hydrogen-bond acceptors (Lipinski definition) is 5. The summed E-state index contributed by atoms with van der Waals surface area (Å²) in [5.41, 5.74) is 0.349. The zero-order valence-electron chi connectivity index (χ0n) is 10.5. The predicted octanol–water partition coefficient (Wildman–Crippen LogP) is 0.548. The Labute approximate surface area is 115 Å². The van der Waals surface area contributed by atoms with Gasteiger partial charge in [-0.05, 0) is 24.3 Å². The van der Waals surface area contributed by atoms with E-state index in [1.54, 1.807) is 0 Å². The number of sulfone groups is 1. The van der Waals surface area contributed by atoms with Gasteiger partial charge in [0.15, 0.2) is 9.84 Å². The van der Waals surface area contributed by atoms with Crippen LogP contribution < -0.4 is 5.32 Å². The van der Waals surface area contributed by atoms with Crippen molar-refractivity contribution in [1.29, 1.82) is 5.26 Å². The Balaban J connectivity index is 2.51. The van der Waals surface area contributed by atoms with Crippen LogP contribution >= 0.6 is 0 Å². The number of nitriles is 1. The highest BCUT2D eigenvalue weighted by atomic mass is 32.2. The molecule has 20 heavy (non-hydrogen) atoms. The third-order valence-corrected chi connectivity index (χ3v) is 4.27. The summed E-state index contributed by atoms with van der Waals surface area (Å²) in [5, 5.41) is 19.9.